The number of phenols is 2. The topological polar surface area (TPSA) is 113 Å². The average Bonchev–Trinajstić information content (AvgIpc) is 3.44. The van der Waals surface area contributed by atoms with Crippen LogP contribution in [0.1, 0.15) is 55.1 Å². The van der Waals surface area contributed by atoms with E-state index in [1.807, 2.05) is 0 Å². The predicted molar refractivity (Wildman–Crippen MR) is 120 cm³/mol. The van der Waals surface area contributed by atoms with Crippen LogP contribution in [0.4, 0.5) is 0 Å². The smallest absolute Gasteiger partial charge is 0.194 e. The van der Waals surface area contributed by atoms with Gasteiger partial charge in [-0.2, -0.15) is 0 Å². The summed E-state index contributed by atoms with van der Waals surface area (Å²) in [5.74, 6) is -0.564. The van der Waals surface area contributed by atoms with Gasteiger partial charge >= 0.3 is 0 Å². The van der Waals surface area contributed by atoms with Crippen LogP contribution in [0, 0.1) is 24.7 Å². The van der Waals surface area contributed by atoms with E-state index in [0.717, 1.165) is 6.42 Å². The molecule has 2 bridgehead atoms. The van der Waals surface area contributed by atoms with Crippen LogP contribution in [0.5, 0.6) is 17.2 Å². The predicted octanol–water partition coefficient (Wildman–Crippen LogP) is 3.37. The molecule has 0 aromatic heterocycles. The summed E-state index contributed by atoms with van der Waals surface area (Å²) >= 11 is 0. The summed E-state index contributed by atoms with van der Waals surface area (Å²) in [6.07, 6.45) is 8.05. The second-order valence-corrected chi connectivity index (χ2v) is 9.81. The van der Waals surface area contributed by atoms with Crippen molar-refractivity contribution in [1.82, 2.24) is 5.32 Å². The summed E-state index contributed by atoms with van der Waals surface area (Å²) in [4.78, 5) is 39.0. The van der Waals surface area contributed by atoms with Gasteiger partial charge in [-0.25, -0.2) is 0 Å². The van der Waals surface area contributed by atoms with Crippen LogP contribution in [-0.4, -0.2) is 34.1 Å². The Bertz CT molecular complexity index is 1240. The summed E-state index contributed by atoms with van der Waals surface area (Å²) in [5, 5.41) is 24.6. The molecule has 172 valence electrons. The monoisotopic (exact) mass is 449 g/mol. The van der Waals surface area contributed by atoms with E-state index in [2.05, 4.69) is 17.5 Å². The lowest BCUT2D eigenvalue weighted by atomic mass is 9.70. The molecule has 3 aliphatic carbocycles. The van der Waals surface area contributed by atoms with Gasteiger partial charge in [0.1, 0.15) is 34.0 Å². The number of fused-ring (bicyclic) bond motifs is 5. The molecular weight excluding hydrogens is 422 g/mol. The van der Waals surface area contributed by atoms with Gasteiger partial charge in [0.15, 0.2) is 17.3 Å². The molecule has 7 nitrogen and oxygen atoms in total. The Hall–Kier alpha value is -3.35. The van der Waals surface area contributed by atoms with Gasteiger partial charge in [0.2, 0.25) is 0 Å². The van der Waals surface area contributed by atoms with E-state index in [-0.39, 0.29) is 39.5 Å². The van der Waals surface area contributed by atoms with Crippen molar-refractivity contribution < 1.29 is 29.3 Å². The Labute approximate surface area is 191 Å². The zero-order valence-electron chi connectivity index (χ0n) is 19.1. The van der Waals surface area contributed by atoms with E-state index in [4.69, 9.17) is 4.74 Å². The van der Waals surface area contributed by atoms with Crippen LogP contribution >= 0.6 is 0 Å². The molecule has 3 N–H and O–H groups in total. The molecule has 1 aliphatic heterocycles. The van der Waals surface area contributed by atoms with Gasteiger partial charge in [-0.1, -0.05) is 12.2 Å². The molecule has 1 aromatic carbocycles. The third-order valence-corrected chi connectivity index (χ3v) is 7.81. The van der Waals surface area contributed by atoms with Gasteiger partial charge in [0, 0.05) is 23.9 Å². The van der Waals surface area contributed by atoms with Crippen molar-refractivity contribution in [2.24, 2.45) is 17.8 Å². The second-order valence-electron chi connectivity index (χ2n) is 9.81. The van der Waals surface area contributed by atoms with Gasteiger partial charge < -0.3 is 20.3 Å². The number of hydrogen-bond acceptors (Lipinski definition) is 7. The van der Waals surface area contributed by atoms with E-state index in [0.29, 0.717) is 30.0 Å². The number of ketones is 3. The third-order valence-electron chi connectivity index (χ3n) is 7.81. The van der Waals surface area contributed by atoms with Gasteiger partial charge in [-0.05, 0) is 58.3 Å². The molecule has 0 spiro atoms. The highest BCUT2D eigenvalue weighted by Gasteiger charge is 2.56. The van der Waals surface area contributed by atoms with Crippen molar-refractivity contribution in [1.29, 1.82) is 0 Å². The molecule has 4 aliphatic rings. The van der Waals surface area contributed by atoms with Crippen LogP contribution in [0.3, 0.4) is 0 Å². The van der Waals surface area contributed by atoms with E-state index in [9.17, 15) is 24.6 Å². The third kappa shape index (κ3) is 2.84. The normalized spacial score (nSPS) is 30.7. The largest absolute Gasteiger partial charge is 0.507 e. The SMILES string of the molecule is CC(=O)c1c(O)c(C)c(O)c2c1OC1=CC(=O)C(=C(C)NCC3CC4C=CC3C4)C(=O)[C@@]12C. The van der Waals surface area contributed by atoms with Crippen LogP contribution in [0.15, 0.2) is 35.3 Å². The highest BCUT2D eigenvalue weighted by atomic mass is 16.5. The fourth-order valence-electron chi connectivity index (χ4n) is 5.86. The van der Waals surface area contributed by atoms with E-state index in [1.54, 1.807) is 13.8 Å². The average molecular weight is 450 g/mol. The summed E-state index contributed by atoms with van der Waals surface area (Å²) in [6.45, 7) is 6.71. The zero-order valence-corrected chi connectivity index (χ0v) is 19.1. The highest BCUT2D eigenvalue weighted by molar-refractivity contribution is 6.31. The minimum atomic E-state index is -1.48. The van der Waals surface area contributed by atoms with Crippen molar-refractivity contribution in [3.63, 3.8) is 0 Å². The first kappa shape index (κ1) is 21.5. The molecule has 0 radical (unpaired) electrons. The lowest BCUT2D eigenvalue weighted by Crippen LogP contribution is -2.41. The van der Waals surface area contributed by atoms with Gasteiger partial charge in [-0.3, -0.25) is 14.4 Å². The number of rotatable bonds is 4. The number of phenolic OH excluding ortho intramolecular Hbond substituents is 2. The Balaban J connectivity index is 1.56. The Morgan fingerprint density at radius 1 is 1.18 bits per heavy atom. The Morgan fingerprint density at radius 2 is 1.91 bits per heavy atom. The minimum Gasteiger partial charge on any atom is -0.507 e. The first-order valence-electron chi connectivity index (χ1n) is 11.3. The molecule has 5 rings (SSSR count). The van der Waals surface area contributed by atoms with Crippen molar-refractivity contribution in [3.8, 4) is 17.2 Å². The van der Waals surface area contributed by atoms with Crippen molar-refractivity contribution in [2.75, 3.05) is 6.54 Å². The van der Waals surface area contributed by atoms with Crippen LogP contribution in [0.2, 0.25) is 0 Å². The first-order chi connectivity index (χ1) is 15.6. The Morgan fingerprint density at radius 3 is 2.52 bits per heavy atom. The lowest BCUT2D eigenvalue weighted by molar-refractivity contribution is -0.123. The van der Waals surface area contributed by atoms with Crippen molar-refractivity contribution in [2.45, 2.75) is 46.0 Å². The molecule has 1 fully saturated rings. The molecule has 1 aromatic rings. The number of allylic oxidation sites excluding steroid dienone is 6. The molecule has 7 heteroatoms. The highest BCUT2D eigenvalue weighted by Crippen LogP contribution is 2.57. The standard InChI is InChI=1S/C26H27NO6/c1-11-22(30)20(13(3)28)24-21(23(11)31)26(4)18(33-24)9-17(29)19(25(26)32)12(2)27-10-16-8-14-5-6-15(16)7-14/h5-6,9,14-16,27,30-31H,7-8,10H2,1-4H3/t14?,15?,16?,26-/m0/s1. The summed E-state index contributed by atoms with van der Waals surface area (Å²) in [5.41, 5.74) is -0.894. The first-order valence-corrected chi connectivity index (χ1v) is 11.3. The summed E-state index contributed by atoms with van der Waals surface area (Å²) in [7, 11) is 0. The molecule has 3 unspecified atom stereocenters. The molecule has 0 amide bonds. The van der Waals surface area contributed by atoms with Crippen LogP contribution in [-0.2, 0) is 15.0 Å². The number of aromatic hydroxyl groups is 2. The molecule has 1 saturated carbocycles. The van der Waals surface area contributed by atoms with Gasteiger partial charge in [0.25, 0.3) is 0 Å². The number of carbonyl (C=O) groups excluding carboxylic acids is 3. The number of carbonyl (C=O) groups is 3. The molecule has 1 heterocycles. The van der Waals surface area contributed by atoms with E-state index >= 15 is 0 Å². The summed E-state index contributed by atoms with van der Waals surface area (Å²) < 4.78 is 5.79. The van der Waals surface area contributed by atoms with Crippen molar-refractivity contribution >= 4 is 17.3 Å². The zero-order chi connectivity index (χ0) is 23.8. The van der Waals surface area contributed by atoms with E-state index < -0.39 is 28.5 Å². The fourth-order valence-corrected chi connectivity index (χ4v) is 5.86. The number of hydrogen-bond donors (Lipinski definition) is 3. The quantitative estimate of drug-likeness (QED) is 0.280. The molecule has 33 heavy (non-hydrogen) atoms. The maximum absolute atomic E-state index is 13.8. The van der Waals surface area contributed by atoms with Crippen LogP contribution < -0.4 is 10.1 Å². The molecule has 0 saturated heterocycles. The number of nitrogens with one attached hydrogen (secondary N) is 1. The van der Waals surface area contributed by atoms with E-state index in [1.165, 1.54) is 26.3 Å². The maximum Gasteiger partial charge on any atom is 0.194 e. The summed E-state index contributed by atoms with van der Waals surface area (Å²) in [6, 6.07) is 0. The van der Waals surface area contributed by atoms with Gasteiger partial charge in [0.05, 0.1) is 11.1 Å². The van der Waals surface area contributed by atoms with Gasteiger partial charge in [-0.15, -0.1) is 0 Å². The maximum atomic E-state index is 13.8. The van der Waals surface area contributed by atoms with Crippen LogP contribution in [0.25, 0.3) is 0 Å². The number of benzene rings is 1. The fraction of sp³-hybridized carbons (Fsp3) is 0.423. The molecular formula is C26H27NO6. The minimum absolute atomic E-state index is 0.0194. The van der Waals surface area contributed by atoms with Crippen molar-refractivity contribution in [3.05, 3.63) is 51.9 Å². The second kappa shape index (κ2) is 7.07. The Kier molecular flexibility index (Phi) is 4.61. The molecule has 4 atom stereocenters. The number of ether oxygens (including phenoxy) is 1. The number of Topliss-reactive ketones (excluding diaryl/α,β-unsaturated/α-hetero) is 2. The lowest BCUT2D eigenvalue weighted by Gasteiger charge is -2.29.